The van der Waals surface area contributed by atoms with Crippen molar-refractivity contribution in [1.29, 1.82) is 0 Å². The van der Waals surface area contributed by atoms with Crippen molar-refractivity contribution in [1.82, 2.24) is 9.80 Å². The lowest BCUT2D eigenvalue weighted by Gasteiger charge is -2.33. The summed E-state index contributed by atoms with van der Waals surface area (Å²) in [6.45, 7) is 8.97. The highest BCUT2D eigenvalue weighted by Crippen LogP contribution is 2.10. The standard InChI is InChI=1S/C16H26N4O/c1-2-19-8-10-20(11-9-19)7-6-16(21)18-15-5-3-4-14(12-15)13-17/h3-5,12H,2,6-11,13,17H2,1H3,(H,18,21). The zero-order valence-corrected chi connectivity index (χ0v) is 12.8. The van der Waals surface area contributed by atoms with E-state index in [1.54, 1.807) is 0 Å². The van der Waals surface area contributed by atoms with Crippen LogP contribution in [-0.2, 0) is 11.3 Å². The summed E-state index contributed by atoms with van der Waals surface area (Å²) in [5.74, 6) is 0.0714. The van der Waals surface area contributed by atoms with Crippen LogP contribution in [0.15, 0.2) is 24.3 Å². The number of amides is 1. The minimum Gasteiger partial charge on any atom is -0.326 e. The molecule has 0 radical (unpaired) electrons. The van der Waals surface area contributed by atoms with Gasteiger partial charge in [-0.25, -0.2) is 0 Å². The number of likely N-dealkylation sites (N-methyl/N-ethyl adjacent to an activating group) is 1. The van der Waals surface area contributed by atoms with Gasteiger partial charge in [0.15, 0.2) is 0 Å². The molecule has 0 aliphatic carbocycles. The van der Waals surface area contributed by atoms with Gasteiger partial charge in [-0.1, -0.05) is 19.1 Å². The van der Waals surface area contributed by atoms with Crippen LogP contribution in [0.5, 0.6) is 0 Å². The van der Waals surface area contributed by atoms with E-state index in [-0.39, 0.29) is 5.91 Å². The molecule has 0 spiro atoms. The van der Waals surface area contributed by atoms with Crippen molar-refractivity contribution in [3.8, 4) is 0 Å². The Morgan fingerprint density at radius 2 is 1.95 bits per heavy atom. The van der Waals surface area contributed by atoms with E-state index in [2.05, 4.69) is 22.0 Å². The molecule has 1 aromatic carbocycles. The maximum absolute atomic E-state index is 12.0. The van der Waals surface area contributed by atoms with Crippen molar-refractivity contribution in [2.24, 2.45) is 5.73 Å². The Hall–Kier alpha value is -1.43. The SMILES string of the molecule is CCN1CCN(CCC(=O)Nc2cccc(CN)c2)CC1. The van der Waals surface area contributed by atoms with Crippen molar-refractivity contribution in [3.05, 3.63) is 29.8 Å². The maximum Gasteiger partial charge on any atom is 0.225 e. The van der Waals surface area contributed by atoms with Gasteiger partial charge in [0.05, 0.1) is 0 Å². The molecule has 1 saturated heterocycles. The van der Waals surface area contributed by atoms with E-state index in [0.717, 1.165) is 50.5 Å². The van der Waals surface area contributed by atoms with Crippen LogP contribution in [0, 0.1) is 0 Å². The van der Waals surface area contributed by atoms with Crippen LogP contribution < -0.4 is 11.1 Å². The molecule has 0 aromatic heterocycles. The van der Waals surface area contributed by atoms with E-state index in [4.69, 9.17) is 5.73 Å². The highest BCUT2D eigenvalue weighted by Gasteiger charge is 2.16. The second-order valence-corrected chi connectivity index (χ2v) is 5.48. The van der Waals surface area contributed by atoms with Crippen molar-refractivity contribution < 1.29 is 4.79 Å². The molecule has 116 valence electrons. The summed E-state index contributed by atoms with van der Waals surface area (Å²) >= 11 is 0. The second kappa shape index (κ2) is 8.12. The predicted octanol–water partition coefficient (Wildman–Crippen LogP) is 1.11. The van der Waals surface area contributed by atoms with Crippen molar-refractivity contribution in [2.45, 2.75) is 19.9 Å². The summed E-state index contributed by atoms with van der Waals surface area (Å²) in [6.07, 6.45) is 0.541. The predicted molar refractivity (Wildman–Crippen MR) is 86.1 cm³/mol. The fraction of sp³-hybridized carbons (Fsp3) is 0.562. The van der Waals surface area contributed by atoms with Crippen LogP contribution >= 0.6 is 0 Å². The van der Waals surface area contributed by atoms with E-state index in [9.17, 15) is 4.79 Å². The molecule has 0 bridgehead atoms. The number of nitrogens with zero attached hydrogens (tertiary/aromatic N) is 2. The van der Waals surface area contributed by atoms with E-state index >= 15 is 0 Å². The smallest absolute Gasteiger partial charge is 0.225 e. The second-order valence-electron chi connectivity index (χ2n) is 5.48. The van der Waals surface area contributed by atoms with Crippen LogP contribution in [0.25, 0.3) is 0 Å². The summed E-state index contributed by atoms with van der Waals surface area (Å²) in [7, 11) is 0. The van der Waals surface area contributed by atoms with Crippen LogP contribution in [0.2, 0.25) is 0 Å². The molecule has 1 aliphatic heterocycles. The number of nitrogens with two attached hydrogens (primary N) is 1. The molecule has 0 saturated carbocycles. The number of piperazine rings is 1. The van der Waals surface area contributed by atoms with Gasteiger partial charge in [0.1, 0.15) is 0 Å². The fourth-order valence-electron chi connectivity index (χ4n) is 2.59. The van der Waals surface area contributed by atoms with Gasteiger partial charge in [-0.15, -0.1) is 0 Å². The highest BCUT2D eigenvalue weighted by atomic mass is 16.1. The van der Waals surface area contributed by atoms with Gasteiger partial charge < -0.3 is 20.9 Å². The van der Waals surface area contributed by atoms with Crippen LogP contribution in [0.1, 0.15) is 18.9 Å². The molecule has 1 heterocycles. The molecular formula is C16H26N4O. The Balaban J connectivity index is 1.72. The first-order chi connectivity index (χ1) is 10.2. The monoisotopic (exact) mass is 290 g/mol. The average Bonchev–Trinajstić information content (AvgIpc) is 2.53. The first-order valence-corrected chi connectivity index (χ1v) is 7.75. The number of hydrogen-bond acceptors (Lipinski definition) is 4. The Kier molecular flexibility index (Phi) is 6.17. The number of carbonyl (C=O) groups is 1. The molecule has 1 amide bonds. The Morgan fingerprint density at radius 3 is 2.62 bits per heavy atom. The van der Waals surface area contributed by atoms with Gasteiger partial charge >= 0.3 is 0 Å². The van der Waals surface area contributed by atoms with Crippen LogP contribution in [0.3, 0.4) is 0 Å². The third kappa shape index (κ3) is 5.12. The molecule has 21 heavy (non-hydrogen) atoms. The molecule has 0 unspecified atom stereocenters. The minimum absolute atomic E-state index is 0.0714. The number of rotatable bonds is 6. The molecule has 3 N–H and O–H groups in total. The van der Waals surface area contributed by atoms with Gasteiger partial charge in [0, 0.05) is 51.4 Å². The molecular weight excluding hydrogens is 264 g/mol. The summed E-state index contributed by atoms with van der Waals surface area (Å²) in [6, 6.07) is 7.71. The lowest BCUT2D eigenvalue weighted by atomic mass is 10.2. The lowest BCUT2D eigenvalue weighted by Crippen LogP contribution is -2.46. The third-order valence-electron chi connectivity index (χ3n) is 4.01. The Morgan fingerprint density at radius 1 is 1.24 bits per heavy atom. The molecule has 5 nitrogen and oxygen atoms in total. The van der Waals surface area contributed by atoms with Gasteiger partial charge in [0.25, 0.3) is 0 Å². The lowest BCUT2D eigenvalue weighted by molar-refractivity contribution is -0.116. The Bertz CT molecular complexity index is 455. The molecule has 2 rings (SSSR count). The summed E-state index contributed by atoms with van der Waals surface area (Å²) in [5.41, 5.74) is 7.47. The van der Waals surface area contributed by atoms with Gasteiger partial charge in [-0.3, -0.25) is 4.79 Å². The molecule has 1 aromatic rings. The first kappa shape index (κ1) is 15.9. The minimum atomic E-state index is 0.0714. The average molecular weight is 290 g/mol. The van der Waals surface area contributed by atoms with Crippen LogP contribution in [0.4, 0.5) is 5.69 Å². The zero-order valence-electron chi connectivity index (χ0n) is 12.8. The van der Waals surface area contributed by atoms with Crippen molar-refractivity contribution in [2.75, 3.05) is 44.6 Å². The number of anilines is 1. The largest absolute Gasteiger partial charge is 0.326 e. The number of hydrogen-bond donors (Lipinski definition) is 2. The topological polar surface area (TPSA) is 61.6 Å². The fourth-order valence-corrected chi connectivity index (χ4v) is 2.59. The van der Waals surface area contributed by atoms with Gasteiger partial charge in [-0.2, -0.15) is 0 Å². The molecule has 5 heteroatoms. The molecule has 1 fully saturated rings. The summed E-state index contributed by atoms with van der Waals surface area (Å²) < 4.78 is 0. The third-order valence-corrected chi connectivity index (χ3v) is 4.01. The maximum atomic E-state index is 12.0. The zero-order chi connectivity index (χ0) is 15.1. The highest BCUT2D eigenvalue weighted by molar-refractivity contribution is 5.90. The van der Waals surface area contributed by atoms with E-state index in [0.29, 0.717) is 13.0 Å². The first-order valence-electron chi connectivity index (χ1n) is 7.75. The van der Waals surface area contributed by atoms with E-state index < -0.39 is 0 Å². The summed E-state index contributed by atoms with van der Waals surface area (Å²) in [4.78, 5) is 16.8. The quantitative estimate of drug-likeness (QED) is 0.824. The van der Waals surface area contributed by atoms with E-state index in [1.807, 2.05) is 24.3 Å². The van der Waals surface area contributed by atoms with Gasteiger partial charge in [0.2, 0.25) is 5.91 Å². The number of nitrogens with one attached hydrogen (secondary N) is 1. The van der Waals surface area contributed by atoms with E-state index in [1.165, 1.54) is 0 Å². The number of carbonyl (C=O) groups excluding carboxylic acids is 1. The van der Waals surface area contributed by atoms with Crippen molar-refractivity contribution in [3.63, 3.8) is 0 Å². The number of benzene rings is 1. The van der Waals surface area contributed by atoms with Crippen molar-refractivity contribution >= 4 is 11.6 Å². The van der Waals surface area contributed by atoms with Crippen LogP contribution in [-0.4, -0.2) is 55.0 Å². The molecule has 1 aliphatic rings. The summed E-state index contributed by atoms with van der Waals surface area (Å²) in [5, 5.41) is 2.94. The Labute approximate surface area is 127 Å². The van der Waals surface area contributed by atoms with Gasteiger partial charge in [-0.05, 0) is 24.2 Å². The molecule has 0 atom stereocenters. The normalized spacial score (nSPS) is 16.9.